The molecule has 0 radical (unpaired) electrons. The number of rotatable bonds is 6. The standard InChI is InChI=1S/C35H23Cl2N13OS/c1-13-12-51-35(43-13)31-28(45-24(10-39)34(41)47-31)17-5-19-22(48-50-29(19)21(37)7-17)8-25-14(2)15(3)32(52-25)30-27(44-23(9-38)33(40)46-30)16-4-18-11-42-49-26(18)20(36)6-16/h4-7,11-12H,8H2,1-3H3,(H2,40,46)(H2,41,47)(H,42,49)(H,48,50). The number of benzene rings is 2. The lowest BCUT2D eigenvalue weighted by atomic mass is 10.0. The highest BCUT2D eigenvalue weighted by Crippen LogP contribution is 2.43. The largest absolute Gasteiger partial charge is 0.443 e. The van der Waals surface area contributed by atoms with Crippen LogP contribution in [0.2, 0.25) is 10.0 Å². The summed E-state index contributed by atoms with van der Waals surface area (Å²) in [6.45, 7) is 5.83. The summed E-state index contributed by atoms with van der Waals surface area (Å²) in [5, 5.41) is 36.5. The second-order valence-corrected chi connectivity index (χ2v) is 13.9. The van der Waals surface area contributed by atoms with Crippen LogP contribution in [0.4, 0.5) is 11.6 Å². The minimum Gasteiger partial charge on any atom is -0.443 e. The average molecular weight is 745 g/mol. The number of halogens is 2. The normalized spacial score (nSPS) is 11.4. The van der Waals surface area contributed by atoms with Gasteiger partial charge in [0.2, 0.25) is 5.89 Å². The second-order valence-electron chi connectivity index (χ2n) is 12.0. The van der Waals surface area contributed by atoms with E-state index < -0.39 is 0 Å². The third-order valence-electron chi connectivity index (χ3n) is 8.72. The SMILES string of the molecule is Cc1coc(-c2nc(N)c(C#N)nc2-c2cc(Cl)c3n[nH]c(Cc4sc(-c5nc(N)c(C#N)nc5-c5cc(Cl)c6[nH]ncc6c5)c(C)c4C)c3c2)n1. The zero-order valence-corrected chi connectivity index (χ0v) is 29.8. The molecule has 17 heteroatoms. The number of nitrogen functional groups attached to an aromatic ring is 2. The lowest BCUT2D eigenvalue weighted by molar-refractivity contribution is 0.571. The van der Waals surface area contributed by atoms with Gasteiger partial charge in [-0.25, -0.2) is 24.9 Å². The summed E-state index contributed by atoms with van der Waals surface area (Å²) in [7, 11) is 0. The maximum Gasteiger partial charge on any atom is 0.247 e. The Kier molecular flexibility index (Phi) is 7.84. The highest BCUT2D eigenvalue weighted by molar-refractivity contribution is 7.16. The number of nitrogens with one attached hydrogen (secondary N) is 2. The number of aromatic amines is 2. The minimum atomic E-state index is -0.0467. The van der Waals surface area contributed by atoms with Crippen LogP contribution in [0.3, 0.4) is 0 Å². The second kappa shape index (κ2) is 12.4. The number of H-pyrrole nitrogens is 2. The fourth-order valence-electron chi connectivity index (χ4n) is 5.99. The molecule has 14 nitrogen and oxygen atoms in total. The van der Waals surface area contributed by atoms with E-state index in [0.717, 1.165) is 37.3 Å². The number of hydrogen-bond donors (Lipinski definition) is 4. The molecule has 0 unspecified atom stereocenters. The van der Waals surface area contributed by atoms with E-state index in [9.17, 15) is 10.5 Å². The van der Waals surface area contributed by atoms with E-state index >= 15 is 0 Å². The van der Waals surface area contributed by atoms with Gasteiger partial charge < -0.3 is 15.9 Å². The van der Waals surface area contributed by atoms with E-state index in [1.54, 1.807) is 25.3 Å². The summed E-state index contributed by atoms with van der Waals surface area (Å²) in [4.78, 5) is 24.6. The third kappa shape index (κ3) is 5.35. The Bertz CT molecular complexity index is 2850. The van der Waals surface area contributed by atoms with Gasteiger partial charge in [-0.3, -0.25) is 10.2 Å². The van der Waals surface area contributed by atoms with Gasteiger partial charge in [0.1, 0.15) is 35.3 Å². The van der Waals surface area contributed by atoms with Crippen molar-refractivity contribution in [3.05, 3.63) is 85.6 Å². The zero-order valence-electron chi connectivity index (χ0n) is 27.4. The molecular formula is C35H23Cl2N13OS. The molecule has 0 aliphatic rings. The van der Waals surface area contributed by atoms with E-state index in [1.165, 1.54) is 17.6 Å². The van der Waals surface area contributed by atoms with Crippen LogP contribution in [-0.2, 0) is 6.42 Å². The molecule has 6 aromatic heterocycles. The summed E-state index contributed by atoms with van der Waals surface area (Å²) >= 11 is 15.0. The summed E-state index contributed by atoms with van der Waals surface area (Å²) in [6.07, 6.45) is 3.62. The molecule has 6 heterocycles. The number of nitrogens with zero attached hydrogens (tertiary/aromatic N) is 9. The Morgan fingerprint density at radius 3 is 2.17 bits per heavy atom. The first-order chi connectivity index (χ1) is 25.0. The van der Waals surface area contributed by atoms with Gasteiger partial charge in [-0.1, -0.05) is 23.2 Å². The number of nitriles is 2. The van der Waals surface area contributed by atoms with Crippen LogP contribution < -0.4 is 11.5 Å². The summed E-state index contributed by atoms with van der Waals surface area (Å²) < 4.78 is 5.64. The van der Waals surface area contributed by atoms with E-state index in [1.807, 2.05) is 38.1 Å². The first kappa shape index (κ1) is 32.8. The maximum atomic E-state index is 9.78. The maximum absolute atomic E-state index is 9.78. The van der Waals surface area contributed by atoms with Crippen molar-refractivity contribution in [1.82, 2.24) is 45.3 Å². The van der Waals surface area contributed by atoms with Gasteiger partial charge in [0, 0.05) is 38.9 Å². The number of anilines is 2. The van der Waals surface area contributed by atoms with Crippen molar-refractivity contribution in [2.24, 2.45) is 0 Å². The molecule has 0 bridgehead atoms. The van der Waals surface area contributed by atoms with Gasteiger partial charge in [0.25, 0.3) is 0 Å². The Hall–Kier alpha value is -6.39. The van der Waals surface area contributed by atoms with Gasteiger partial charge in [-0.05, 0) is 56.2 Å². The molecule has 52 heavy (non-hydrogen) atoms. The Balaban J connectivity index is 1.24. The molecule has 8 aromatic rings. The quantitative estimate of drug-likeness (QED) is 0.130. The lowest BCUT2D eigenvalue weighted by Gasteiger charge is -2.11. The van der Waals surface area contributed by atoms with Crippen LogP contribution >= 0.6 is 34.5 Å². The summed E-state index contributed by atoms with van der Waals surface area (Å²) in [5.41, 5.74) is 19.8. The van der Waals surface area contributed by atoms with E-state index in [4.69, 9.17) is 44.1 Å². The number of aromatic nitrogens is 9. The van der Waals surface area contributed by atoms with Crippen molar-refractivity contribution in [2.75, 3.05) is 11.5 Å². The van der Waals surface area contributed by atoms with E-state index in [2.05, 4.69) is 40.3 Å². The Labute approximate surface area is 308 Å². The zero-order chi connectivity index (χ0) is 36.4. The van der Waals surface area contributed by atoms with Crippen molar-refractivity contribution in [3.63, 3.8) is 0 Å². The predicted molar refractivity (Wildman–Crippen MR) is 198 cm³/mol. The summed E-state index contributed by atoms with van der Waals surface area (Å²) in [6, 6.07) is 11.3. The van der Waals surface area contributed by atoms with Gasteiger partial charge in [0.15, 0.2) is 28.7 Å². The van der Waals surface area contributed by atoms with Crippen molar-refractivity contribution in [3.8, 4) is 56.8 Å². The number of fused-ring (bicyclic) bond motifs is 2. The number of thiophene rings is 1. The molecule has 254 valence electrons. The van der Waals surface area contributed by atoms with Crippen molar-refractivity contribution in [2.45, 2.75) is 27.2 Å². The van der Waals surface area contributed by atoms with Crippen LogP contribution in [0.5, 0.6) is 0 Å². The third-order valence-corrected chi connectivity index (χ3v) is 10.7. The highest BCUT2D eigenvalue weighted by atomic mass is 35.5. The first-order valence-corrected chi connectivity index (χ1v) is 17.1. The van der Waals surface area contributed by atoms with Crippen molar-refractivity contribution >= 4 is 68.0 Å². The topological polar surface area (TPSA) is 235 Å². The molecular weight excluding hydrogens is 721 g/mol. The number of nitrogens with two attached hydrogens (primary N) is 2. The molecule has 0 aliphatic carbocycles. The molecule has 2 aromatic carbocycles. The fourth-order valence-corrected chi connectivity index (χ4v) is 7.84. The summed E-state index contributed by atoms with van der Waals surface area (Å²) in [5.74, 6) is 0.180. The molecule has 0 atom stereocenters. The Morgan fingerprint density at radius 1 is 0.808 bits per heavy atom. The molecule has 0 saturated heterocycles. The minimum absolute atomic E-state index is 0.0127. The average Bonchev–Trinajstić information content (AvgIpc) is 3.93. The number of hydrogen-bond acceptors (Lipinski definition) is 13. The van der Waals surface area contributed by atoms with Gasteiger partial charge >= 0.3 is 0 Å². The van der Waals surface area contributed by atoms with Gasteiger partial charge in [-0.15, -0.1) is 11.3 Å². The van der Waals surface area contributed by atoms with Crippen LogP contribution in [0.1, 0.15) is 38.8 Å². The number of oxazole rings is 1. The van der Waals surface area contributed by atoms with Crippen LogP contribution in [0.15, 0.2) is 41.1 Å². The van der Waals surface area contributed by atoms with Crippen LogP contribution in [0, 0.1) is 43.4 Å². The Morgan fingerprint density at radius 2 is 1.48 bits per heavy atom. The molecule has 0 fully saturated rings. The first-order valence-electron chi connectivity index (χ1n) is 15.5. The van der Waals surface area contributed by atoms with Crippen molar-refractivity contribution < 1.29 is 4.42 Å². The van der Waals surface area contributed by atoms with Crippen LogP contribution in [0.25, 0.3) is 66.5 Å². The fraction of sp³-hybridized carbons (Fsp3) is 0.114. The molecule has 0 spiro atoms. The lowest BCUT2D eigenvalue weighted by Crippen LogP contribution is -2.03. The molecule has 0 amide bonds. The van der Waals surface area contributed by atoms with Gasteiger partial charge in [-0.2, -0.15) is 20.7 Å². The molecule has 6 N–H and O–H groups in total. The van der Waals surface area contributed by atoms with Gasteiger partial charge in [0.05, 0.1) is 38.0 Å². The smallest absolute Gasteiger partial charge is 0.247 e. The number of aryl methyl sites for hydroxylation is 1. The molecule has 0 saturated carbocycles. The van der Waals surface area contributed by atoms with Crippen LogP contribution in [-0.4, -0.2) is 45.3 Å². The van der Waals surface area contributed by atoms with E-state index in [0.29, 0.717) is 61.4 Å². The van der Waals surface area contributed by atoms with Crippen molar-refractivity contribution in [1.29, 1.82) is 10.5 Å². The monoisotopic (exact) mass is 743 g/mol. The highest BCUT2D eigenvalue weighted by Gasteiger charge is 2.25. The predicted octanol–water partition coefficient (Wildman–Crippen LogP) is 7.47. The molecule has 0 aliphatic heterocycles. The van der Waals surface area contributed by atoms with E-state index in [-0.39, 0.29) is 34.6 Å². The molecule has 8 rings (SSSR count).